The van der Waals surface area contributed by atoms with Crippen LogP contribution in [0.15, 0.2) is 22.6 Å². The van der Waals surface area contributed by atoms with Gasteiger partial charge in [-0.25, -0.2) is 0 Å². The first-order valence-corrected chi connectivity index (χ1v) is 10.4. The largest absolute Gasteiger partial charge is 0.481 e. The topological polar surface area (TPSA) is 96.3 Å². The van der Waals surface area contributed by atoms with Crippen molar-refractivity contribution in [1.29, 1.82) is 0 Å². The average molecular weight is 388 g/mol. The highest BCUT2D eigenvalue weighted by Crippen LogP contribution is 2.65. The quantitative estimate of drug-likeness (QED) is 0.350. The molecule has 2 heterocycles. The summed E-state index contributed by atoms with van der Waals surface area (Å²) in [5.41, 5.74) is 8.64. The molecule has 0 radical (unpaired) electrons. The van der Waals surface area contributed by atoms with Crippen LogP contribution in [-0.2, 0) is 20.5 Å². The first-order valence-electron chi connectivity index (χ1n) is 9.50. The zero-order valence-corrected chi connectivity index (χ0v) is 16.7. The number of nitrogens with one attached hydrogen (secondary N) is 1. The van der Waals surface area contributed by atoms with Crippen LogP contribution in [0.3, 0.4) is 0 Å². The number of thiophene rings is 1. The normalized spacial score (nSPS) is 34.2. The van der Waals surface area contributed by atoms with E-state index in [1.165, 1.54) is 6.42 Å². The average Bonchev–Trinajstić information content (AvgIpc) is 3.24. The highest BCUT2D eigenvalue weighted by molar-refractivity contribution is 7.10. The number of azide groups is 1. The van der Waals surface area contributed by atoms with Crippen molar-refractivity contribution in [2.75, 3.05) is 6.54 Å². The molecular weight excluding hydrogens is 363 g/mol. The molecule has 7 nitrogen and oxygen atoms in total. The Morgan fingerprint density at radius 3 is 3.00 bits per heavy atom. The van der Waals surface area contributed by atoms with Gasteiger partial charge in [-0.2, -0.15) is 0 Å². The molecule has 3 aliphatic carbocycles. The molecule has 0 spiro atoms. The highest BCUT2D eigenvalue weighted by atomic mass is 32.1. The molecule has 4 aliphatic rings. The summed E-state index contributed by atoms with van der Waals surface area (Å²) in [4.78, 5) is 16.3. The van der Waals surface area contributed by atoms with Crippen molar-refractivity contribution in [2.24, 2.45) is 22.4 Å². The summed E-state index contributed by atoms with van der Waals surface area (Å²) in [6, 6.07) is 3.85. The van der Waals surface area contributed by atoms with E-state index < -0.39 is 13.1 Å². The van der Waals surface area contributed by atoms with Gasteiger partial charge in [0.1, 0.15) is 0 Å². The minimum absolute atomic E-state index is 0.0297. The lowest BCUT2D eigenvalue weighted by Crippen LogP contribution is -2.65. The second kappa shape index (κ2) is 6.81. The molecule has 1 aromatic rings. The Balaban J connectivity index is 1.47. The van der Waals surface area contributed by atoms with Gasteiger partial charge in [0.05, 0.1) is 24.1 Å². The van der Waals surface area contributed by atoms with Crippen LogP contribution in [0.5, 0.6) is 0 Å². The number of hydrogen-bond donors (Lipinski definition) is 1. The Morgan fingerprint density at radius 1 is 1.52 bits per heavy atom. The summed E-state index contributed by atoms with van der Waals surface area (Å²) in [5, 5.41) is 8.58. The van der Waals surface area contributed by atoms with Crippen LogP contribution in [0.25, 0.3) is 10.4 Å². The van der Waals surface area contributed by atoms with Crippen molar-refractivity contribution >= 4 is 24.4 Å². The van der Waals surface area contributed by atoms with Crippen LogP contribution >= 0.6 is 11.3 Å². The van der Waals surface area contributed by atoms with E-state index in [4.69, 9.17) is 14.8 Å². The van der Waals surface area contributed by atoms with E-state index in [1.54, 1.807) is 11.3 Å². The second-order valence-electron chi connectivity index (χ2n) is 8.68. The third-order valence-electron chi connectivity index (χ3n) is 6.90. The Bertz CT molecular complexity index is 767. The van der Waals surface area contributed by atoms with Gasteiger partial charge in [-0.3, -0.25) is 4.79 Å². The minimum atomic E-state index is -0.590. The summed E-state index contributed by atoms with van der Waals surface area (Å²) >= 11 is 1.54. The Morgan fingerprint density at radius 2 is 2.33 bits per heavy atom. The van der Waals surface area contributed by atoms with Gasteiger partial charge in [0, 0.05) is 16.3 Å². The molecule has 3 saturated carbocycles. The maximum Gasteiger partial charge on any atom is 0.481 e. The van der Waals surface area contributed by atoms with Gasteiger partial charge in [-0.15, -0.1) is 11.3 Å². The van der Waals surface area contributed by atoms with E-state index in [0.29, 0.717) is 18.3 Å². The third kappa shape index (κ3) is 3.16. The molecule has 0 unspecified atom stereocenters. The summed E-state index contributed by atoms with van der Waals surface area (Å²) < 4.78 is 12.7. The summed E-state index contributed by atoms with van der Waals surface area (Å²) in [7, 11) is -0.590. The van der Waals surface area contributed by atoms with Gasteiger partial charge in [0.15, 0.2) is 0 Å². The molecule has 1 saturated heterocycles. The van der Waals surface area contributed by atoms with E-state index in [0.717, 1.165) is 11.3 Å². The fourth-order valence-corrected chi connectivity index (χ4v) is 5.93. The lowest BCUT2D eigenvalue weighted by molar-refractivity contribution is -0.199. The van der Waals surface area contributed by atoms with Crippen LogP contribution in [0.1, 0.15) is 38.5 Å². The molecule has 1 amide bonds. The van der Waals surface area contributed by atoms with Crippen LogP contribution < -0.4 is 5.32 Å². The summed E-state index contributed by atoms with van der Waals surface area (Å²) in [6.07, 6.45) is 2.48. The fourth-order valence-electron chi connectivity index (χ4n) is 5.22. The minimum Gasteiger partial charge on any atom is -0.404 e. The molecule has 1 N–H and O–H groups in total. The Labute approximate surface area is 163 Å². The van der Waals surface area contributed by atoms with E-state index >= 15 is 0 Å². The maximum atomic E-state index is 12.5. The van der Waals surface area contributed by atoms with Gasteiger partial charge >= 0.3 is 7.12 Å². The smallest absolute Gasteiger partial charge is 0.404 e. The number of amides is 1. The number of rotatable bonds is 6. The highest BCUT2D eigenvalue weighted by Gasteiger charge is 2.68. The first-order chi connectivity index (χ1) is 12.8. The maximum absolute atomic E-state index is 12.5. The van der Waals surface area contributed by atoms with Crippen molar-refractivity contribution in [1.82, 2.24) is 5.32 Å². The van der Waals surface area contributed by atoms with Crippen molar-refractivity contribution in [3.8, 4) is 0 Å². The molecule has 0 aromatic carbocycles. The molecule has 5 rings (SSSR count). The van der Waals surface area contributed by atoms with E-state index in [2.05, 4.69) is 36.1 Å². The van der Waals surface area contributed by atoms with Crippen LogP contribution in [0, 0.1) is 17.3 Å². The molecule has 144 valence electrons. The molecule has 2 bridgehead atoms. The molecule has 4 fully saturated rings. The molecule has 5 atom stereocenters. The third-order valence-corrected chi connectivity index (χ3v) is 7.78. The van der Waals surface area contributed by atoms with Crippen LogP contribution in [0.4, 0.5) is 0 Å². The van der Waals surface area contributed by atoms with Gasteiger partial charge in [0.2, 0.25) is 5.91 Å². The fraction of sp³-hybridized carbons (Fsp3) is 0.722. The molecular formula is C18H25BN4O3S. The first kappa shape index (κ1) is 18.8. The van der Waals surface area contributed by atoms with Crippen molar-refractivity contribution in [2.45, 2.75) is 57.7 Å². The van der Waals surface area contributed by atoms with E-state index in [-0.39, 0.29) is 29.6 Å². The Hall–Kier alpha value is -1.54. The standard InChI is InChI=1S/C18H25BN4O3S/c1-17(2)11-7-13(17)18(3)14(8-11)25-19(26-18)15(10-21-23-20)22-16(24)9-12-5-4-6-27-12/h4-6,11,13-15H,7-10H2,1-3H3,(H,22,24)/t11-,13-,14+,15-,18-/m0/s1. The van der Waals surface area contributed by atoms with Gasteiger partial charge in [0.25, 0.3) is 0 Å². The van der Waals surface area contributed by atoms with Gasteiger partial charge in [-0.05, 0) is 54.0 Å². The summed E-state index contributed by atoms with van der Waals surface area (Å²) in [6.45, 7) is 6.86. The monoisotopic (exact) mass is 388 g/mol. The molecule has 1 aromatic heterocycles. The van der Waals surface area contributed by atoms with Crippen molar-refractivity contribution in [3.05, 3.63) is 32.8 Å². The lowest BCUT2D eigenvalue weighted by Gasteiger charge is -2.64. The summed E-state index contributed by atoms with van der Waals surface area (Å²) in [5.74, 6) is 0.496. The Kier molecular flexibility index (Phi) is 4.75. The molecule has 1 aliphatic heterocycles. The van der Waals surface area contributed by atoms with Crippen LogP contribution in [0.2, 0.25) is 0 Å². The van der Waals surface area contributed by atoms with Crippen molar-refractivity contribution in [3.63, 3.8) is 0 Å². The molecule has 27 heavy (non-hydrogen) atoms. The lowest BCUT2D eigenvalue weighted by atomic mass is 9.43. The number of carbonyl (C=O) groups is 1. The zero-order valence-electron chi connectivity index (χ0n) is 15.9. The van der Waals surface area contributed by atoms with E-state index in [9.17, 15) is 4.79 Å². The number of hydrogen-bond acceptors (Lipinski definition) is 5. The zero-order chi connectivity index (χ0) is 19.2. The predicted octanol–water partition coefficient (Wildman–Crippen LogP) is 3.35. The second-order valence-corrected chi connectivity index (χ2v) is 9.71. The predicted molar refractivity (Wildman–Crippen MR) is 104 cm³/mol. The van der Waals surface area contributed by atoms with Crippen LogP contribution in [-0.4, -0.2) is 37.2 Å². The number of nitrogens with zero attached hydrogens (tertiary/aromatic N) is 3. The van der Waals surface area contributed by atoms with Gasteiger partial charge in [-0.1, -0.05) is 25.0 Å². The number of carbonyl (C=O) groups excluding carboxylic acids is 1. The van der Waals surface area contributed by atoms with E-state index in [1.807, 2.05) is 17.5 Å². The van der Waals surface area contributed by atoms with Crippen molar-refractivity contribution < 1.29 is 14.1 Å². The SMILES string of the molecule is CC1(C)[C@@H]2C[C@H]3OB([C@H](CN=[N+]=[N-])NC(=O)Cc4cccs4)O[C@@]3(C)[C@H]1C2. The molecule has 9 heteroatoms. The van der Waals surface area contributed by atoms with Gasteiger partial charge < -0.3 is 14.6 Å².